The van der Waals surface area contributed by atoms with Crippen molar-refractivity contribution in [1.29, 1.82) is 0 Å². The van der Waals surface area contributed by atoms with Crippen molar-refractivity contribution in [1.82, 2.24) is 0 Å². The van der Waals surface area contributed by atoms with Crippen LogP contribution in [0.4, 0.5) is 11.4 Å². The molecular weight excluding hydrogens is 260 g/mol. The van der Waals surface area contributed by atoms with Gasteiger partial charge in [0.25, 0.3) is 0 Å². The maximum absolute atomic E-state index is 6.13. The Hall–Kier alpha value is -2.16. The first-order valence-electron chi connectivity index (χ1n) is 7.45. The van der Waals surface area contributed by atoms with Gasteiger partial charge in [-0.3, -0.25) is 0 Å². The number of hydrogen-bond acceptors (Lipinski definition) is 3. The Labute approximate surface area is 126 Å². The second-order valence-corrected chi connectivity index (χ2v) is 5.69. The number of hydrogen-bond donors (Lipinski definition) is 1. The molecule has 21 heavy (non-hydrogen) atoms. The van der Waals surface area contributed by atoms with Crippen molar-refractivity contribution in [2.24, 2.45) is 0 Å². The minimum Gasteiger partial charge on any atom is -0.496 e. The van der Waals surface area contributed by atoms with Gasteiger partial charge in [0.15, 0.2) is 0 Å². The van der Waals surface area contributed by atoms with E-state index >= 15 is 0 Å². The molecule has 1 aliphatic rings. The number of aryl methyl sites for hydroxylation is 1. The van der Waals surface area contributed by atoms with Crippen molar-refractivity contribution in [2.75, 3.05) is 24.3 Å². The number of nitrogens with two attached hydrogens (primary N) is 1. The van der Waals surface area contributed by atoms with Gasteiger partial charge < -0.3 is 15.4 Å². The summed E-state index contributed by atoms with van der Waals surface area (Å²) < 4.78 is 5.50. The molecule has 0 unspecified atom stereocenters. The number of nitrogen functional groups attached to an aromatic ring is 1. The third-order valence-corrected chi connectivity index (χ3v) is 4.18. The zero-order valence-corrected chi connectivity index (χ0v) is 12.7. The SMILES string of the molecule is COc1ccc(C)cc1CN1CCCc2c(N)cccc21. The quantitative estimate of drug-likeness (QED) is 0.875. The summed E-state index contributed by atoms with van der Waals surface area (Å²) in [6.45, 7) is 4.04. The molecule has 0 aromatic heterocycles. The van der Waals surface area contributed by atoms with E-state index in [-0.39, 0.29) is 0 Å². The van der Waals surface area contributed by atoms with Gasteiger partial charge in [0.2, 0.25) is 0 Å². The van der Waals surface area contributed by atoms with E-state index in [1.54, 1.807) is 7.11 Å². The van der Waals surface area contributed by atoms with Crippen LogP contribution in [0.15, 0.2) is 36.4 Å². The summed E-state index contributed by atoms with van der Waals surface area (Å²) in [7, 11) is 1.73. The number of methoxy groups -OCH3 is 1. The monoisotopic (exact) mass is 282 g/mol. The zero-order chi connectivity index (χ0) is 14.8. The molecule has 0 saturated carbocycles. The van der Waals surface area contributed by atoms with Gasteiger partial charge in [-0.25, -0.2) is 0 Å². The van der Waals surface area contributed by atoms with Gasteiger partial charge in [-0.1, -0.05) is 23.8 Å². The molecule has 3 nitrogen and oxygen atoms in total. The van der Waals surface area contributed by atoms with Crippen molar-refractivity contribution >= 4 is 11.4 Å². The van der Waals surface area contributed by atoms with Crippen molar-refractivity contribution < 1.29 is 4.74 Å². The van der Waals surface area contributed by atoms with E-state index in [0.29, 0.717) is 0 Å². The van der Waals surface area contributed by atoms with E-state index in [2.05, 4.69) is 36.1 Å². The second-order valence-electron chi connectivity index (χ2n) is 5.69. The van der Waals surface area contributed by atoms with E-state index in [1.807, 2.05) is 12.1 Å². The third kappa shape index (κ3) is 2.68. The first-order chi connectivity index (χ1) is 10.2. The van der Waals surface area contributed by atoms with Gasteiger partial charge in [-0.05, 0) is 43.5 Å². The van der Waals surface area contributed by atoms with E-state index in [9.17, 15) is 0 Å². The van der Waals surface area contributed by atoms with Gasteiger partial charge in [-0.15, -0.1) is 0 Å². The van der Waals surface area contributed by atoms with Crippen LogP contribution in [-0.4, -0.2) is 13.7 Å². The molecule has 0 spiro atoms. The molecule has 110 valence electrons. The highest BCUT2D eigenvalue weighted by molar-refractivity contribution is 5.66. The Morgan fingerprint density at radius 2 is 2.10 bits per heavy atom. The Balaban J connectivity index is 1.94. The lowest BCUT2D eigenvalue weighted by Crippen LogP contribution is -2.29. The molecule has 2 N–H and O–H groups in total. The lowest BCUT2D eigenvalue weighted by atomic mass is 9.99. The minimum absolute atomic E-state index is 0.862. The first kappa shape index (κ1) is 13.8. The van der Waals surface area contributed by atoms with Crippen LogP contribution in [0.5, 0.6) is 5.75 Å². The Morgan fingerprint density at radius 3 is 2.90 bits per heavy atom. The largest absolute Gasteiger partial charge is 0.496 e. The fourth-order valence-electron chi connectivity index (χ4n) is 3.13. The fourth-order valence-corrected chi connectivity index (χ4v) is 3.13. The van der Waals surface area contributed by atoms with Crippen LogP contribution in [0.2, 0.25) is 0 Å². The molecule has 3 rings (SSSR count). The third-order valence-electron chi connectivity index (χ3n) is 4.18. The molecule has 2 aromatic rings. The number of ether oxygens (including phenoxy) is 1. The molecule has 0 amide bonds. The second kappa shape index (κ2) is 5.68. The van der Waals surface area contributed by atoms with Crippen LogP contribution < -0.4 is 15.4 Å². The minimum atomic E-state index is 0.862. The Bertz CT molecular complexity index is 652. The number of benzene rings is 2. The zero-order valence-electron chi connectivity index (χ0n) is 12.7. The molecule has 0 saturated heterocycles. The molecule has 0 aliphatic carbocycles. The van der Waals surface area contributed by atoms with Gasteiger partial charge >= 0.3 is 0 Å². The van der Waals surface area contributed by atoms with Crippen LogP contribution in [0.1, 0.15) is 23.1 Å². The summed E-state index contributed by atoms with van der Waals surface area (Å²) in [5.41, 5.74) is 12.1. The molecule has 1 heterocycles. The van der Waals surface area contributed by atoms with Crippen molar-refractivity contribution in [3.8, 4) is 5.75 Å². The number of fused-ring (bicyclic) bond motifs is 1. The maximum atomic E-state index is 6.13. The van der Waals surface area contributed by atoms with Gasteiger partial charge in [-0.2, -0.15) is 0 Å². The summed E-state index contributed by atoms with van der Waals surface area (Å²) in [6, 6.07) is 12.6. The topological polar surface area (TPSA) is 38.5 Å². The number of rotatable bonds is 3. The smallest absolute Gasteiger partial charge is 0.123 e. The van der Waals surface area contributed by atoms with Crippen molar-refractivity contribution in [3.63, 3.8) is 0 Å². The summed E-state index contributed by atoms with van der Waals surface area (Å²) in [5.74, 6) is 0.955. The van der Waals surface area contributed by atoms with Gasteiger partial charge in [0.05, 0.1) is 7.11 Å². The van der Waals surface area contributed by atoms with E-state index in [0.717, 1.165) is 37.4 Å². The van der Waals surface area contributed by atoms with E-state index < -0.39 is 0 Å². The van der Waals surface area contributed by atoms with Crippen molar-refractivity contribution in [3.05, 3.63) is 53.1 Å². The summed E-state index contributed by atoms with van der Waals surface area (Å²) in [4.78, 5) is 2.41. The highest BCUT2D eigenvalue weighted by Crippen LogP contribution is 2.33. The van der Waals surface area contributed by atoms with Gasteiger partial charge in [0.1, 0.15) is 5.75 Å². The van der Waals surface area contributed by atoms with Crippen LogP contribution >= 0.6 is 0 Å². The molecular formula is C18H22N2O. The highest BCUT2D eigenvalue weighted by Gasteiger charge is 2.19. The average Bonchev–Trinajstić information content (AvgIpc) is 2.49. The first-order valence-corrected chi connectivity index (χ1v) is 7.45. The van der Waals surface area contributed by atoms with Crippen LogP contribution in [0.3, 0.4) is 0 Å². The predicted molar refractivity (Wildman–Crippen MR) is 88.0 cm³/mol. The molecule has 2 aromatic carbocycles. The molecule has 0 atom stereocenters. The van der Waals surface area contributed by atoms with E-state index in [1.165, 1.54) is 22.4 Å². The number of nitrogens with zero attached hydrogens (tertiary/aromatic N) is 1. The molecule has 3 heteroatoms. The molecule has 0 bridgehead atoms. The van der Waals surface area contributed by atoms with Crippen LogP contribution in [0, 0.1) is 6.92 Å². The van der Waals surface area contributed by atoms with Crippen LogP contribution in [0.25, 0.3) is 0 Å². The summed E-state index contributed by atoms with van der Waals surface area (Å²) in [6.07, 6.45) is 2.22. The standard InChI is InChI=1S/C18H22N2O/c1-13-8-9-18(21-2)14(11-13)12-20-10-4-5-15-16(19)6-3-7-17(15)20/h3,6-9,11H,4-5,10,12,19H2,1-2H3. The Morgan fingerprint density at radius 1 is 1.24 bits per heavy atom. The summed E-state index contributed by atoms with van der Waals surface area (Å²) >= 11 is 0. The lowest BCUT2D eigenvalue weighted by molar-refractivity contribution is 0.409. The highest BCUT2D eigenvalue weighted by atomic mass is 16.5. The lowest BCUT2D eigenvalue weighted by Gasteiger charge is -2.32. The van der Waals surface area contributed by atoms with E-state index in [4.69, 9.17) is 10.5 Å². The van der Waals surface area contributed by atoms with Crippen LogP contribution in [-0.2, 0) is 13.0 Å². The van der Waals surface area contributed by atoms with Gasteiger partial charge in [0, 0.05) is 30.0 Å². The molecule has 0 radical (unpaired) electrons. The summed E-state index contributed by atoms with van der Waals surface area (Å²) in [5, 5.41) is 0. The Kier molecular flexibility index (Phi) is 3.74. The average molecular weight is 282 g/mol. The predicted octanol–water partition coefficient (Wildman–Crippen LogP) is 3.54. The van der Waals surface area contributed by atoms with Crippen molar-refractivity contribution in [2.45, 2.75) is 26.3 Å². The maximum Gasteiger partial charge on any atom is 0.123 e. The normalized spacial score (nSPS) is 13.9. The molecule has 1 aliphatic heterocycles. The number of anilines is 2. The fraction of sp³-hybridized carbons (Fsp3) is 0.333. The molecule has 0 fully saturated rings.